The number of amides is 1. The molecule has 0 saturated heterocycles. The van der Waals surface area contributed by atoms with E-state index in [1.807, 2.05) is 42.5 Å². The molecule has 0 fully saturated rings. The second-order valence-corrected chi connectivity index (χ2v) is 8.35. The van der Waals surface area contributed by atoms with Crippen LogP contribution < -0.4 is 4.90 Å². The van der Waals surface area contributed by atoms with Crippen LogP contribution in [-0.4, -0.2) is 16.8 Å². The maximum absolute atomic E-state index is 13.6. The smallest absolute Gasteiger partial charge is 0.264 e. The molecule has 1 amide bonds. The Hall–Kier alpha value is -2.95. The van der Waals surface area contributed by atoms with Crippen LogP contribution >= 0.6 is 11.6 Å². The molecule has 1 aliphatic heterocycles. The molecule has 2 atom stereocenters. The first-order valence-electron chi connectivity index (χ1n) is 10.0. The van der Waals surface area contributed by atoms with Crippen LogP contribution in [0.2, 0.25) is 5.02 Å². The number of aryl methyl sites for hydroxylation is 1. The molecule has 150 valence electrons. The fourth-order valence-corrected chi connectivity index (χ4v) is 4.85. The van der Waals surface area contributed by atoms with Gasteiger partial charge in [0.1, 0.15) is 0 Å². The highest BCUT2D eigenvalue weighted by molar-refractivity contribution is 6.30. The third-order valence-electron chi connectivity index (χ3n) is 6.24. The topological polar surface area (TPSA) is 57.6 Å². The Morgan fingerprint density at radius 2 is 1.67 bits per heavy atom. The number of ketones is 1. The monoisotopic (exact) mass is 417 g/mol. The van der Waals surface area contributed by atoms with Gasteiger partial charge in [0.2, 0.25) is 0 Å². The molecule has 1 N–H and O–H groups in total. The molecule has 5 heteroatoms. The SMILES string of the molecule is O=C1c2ccccc2CC[C@H]1[C@@]1(O)C(=O)N(Cc2ccc(Cl)cc2)c2ccccc21. The first-order chi connectivity index (χ1) is 14.5. The van der Waals surface area contributed by atoms with Crippen LogP contribution in [0.4, 0.5) is 5.69 Å². The van der Waals surface area contributed by atoms with Crippen LogP contribution in [0.1, 0.15) is 33.5 Å². The lowest BCUT2D eigenvalue weighted by atomic mass is 9.71. The number of hydrogen-bond acceptors (Lipinski definition) is 3. The molecule has 1 heterocycles. The minimum absolute atomic E-state index is 0.171. The molecule has 0 aromatic heterocycles. The fourth-order valence-electron chi connectivity index (χ4n) is 4.72. The van der Waals surface area contributed by atoms with Crippen LogP contribution in [0, 0.1) is 5.92 Å². The van der Waals surface area contributed by atoms with Gasteiger partial charge in [-0.15, -0.1) is 0 Å². The maximum Gasteiger partial charge on any atom is 0.264 e. The van der Waals surface area contributed by atoms with Gasteiger partial charge in [0, 0.05) is 16.1 Å². The number of rotatable bonds is 3. The van der Waals surface area contributed by atoms with Gasteiger partial charge in [0.25, 0.3) is 5.91 Å². The molecule has 4 nitrogen and oxygen atoms in total. The first kappa shape index (κ1) is 19.0. The maximum atomic E-state index is 13.6. The normalized spacial score (nSPS) is 22.7. The van der Waals surface area contributed by atoms with Crippen molar-refractivity contribution in [1.29, 1.82) is 0 Å². The van der Waals surface area contributed by atoms with Crippen molar-refractivity contribution < 1.29 is 14.7 Å². The number of carbonyl (C=O) groups is 2. The predicted octanol–water partition coefficient (Wildman–Crippen LogP) is 4.52. The van der Waals surface area contributed by atoms with E-state index in [0.29, 0.717) is 41.2 Å². The minimum atomic E-state index is -1.87. The molecular weight excluding hydrogens is 398 g/mol. The Balaban J connectivity index is 1.56. The fraction of sp³-hybridized carbons (Fsp3) is 0.200. The van der Waals surface area contributed by atoms with Gasteiger partial charge in [-0.25, -0.2) is 0 Å². The summed E-state index contributed by atoms with van der Waals surface area (Å²) in [6, 6.07) is 21.9. The van der Waals surface area contributed by atoms with Crippen LogP contribution in [0.15, 0.2) is 72.8 Å². The molecule has 0 bridgehead atoms. The molecule has 5 rings (SSSR count). The largest absolute Gasteiger partial charge is 0.375 e. The molecule has 3 aromatic carbocycles. The van der Waals surface area contributed by atoms with E-state index in [0.717, 1.165) is 11.1 Å². The Kier molecular flexibility index (Phi) is 4.49. The second kappa shape index (κ2) is 7.08. The number of hydrogen-bond donors (Lipinski definition) is 1. The molecule has 1 aliphatic carbocycles. The van der Waals surface area contributed by atoms with Gasteiger partial charge in [-0.2, -0.15) is 0 Å². The van der Waals surface area contributed by atoms with E-state index in [2.05, 4.69) is 0 Å². The third-order valence-corrected chi connectivity index (χ3v) is 6.49. The van der Waals surface area contributed by atoms with E-state index >= 15 is 0 Å². The zero-order valence-electron chi connectivity index (χ0n) is 16.2. The van der Waals surface area contributed by atoms with Gasteiger partial charge in [-0.1, -0.05) is 66.2 Å². The Morgan fingerprint density at radius 1 is 0.967 bits per heavy atom. The number of aliphatic hydroxyl groups is 1. The van der Waals surface area contributed by atoms with Crippen LogP contribution in [0.5, 0.6) is 0 Å². The van der Waals surface area contributed by atoms with Crippen molar-refractivity contribution >= 4 is 29.0 Å². The molecule has 0 spiro atoms. The number of halogens is 1. The van der Waals surface area contributed by atoms with Crippen LogP contribution in [-0.2, 0) is 23.4 Å². The minimum Gasteiger partial charge on any atom is -0.375 e. The Bertz CT molecular complexity index is 1160. The van der Waals surface area contributed by atoms with Crippen LogP contribution in [0.25, 0.3) is 0 Å². The van der Waals surface area contributed by atoms with Crippen molar-refractivity contribution in [3.63, 3.8) is 0 Å². The predicted molar refractivity (Wildman–Crippen MR) is 116 cm³/mol. The quantitative estimate of drug-likeness (QED) is 0.681. The molecule has 0 saturated carbocycles. The van der Waals surface area contributed by atoms with Gasteiger partial charge < -0.3 is 10.0 Å². The summed E-state index contributed by atoms with van der Waals surface area (Å²) in [6.07, 6.45) is 1.09. The van der Waals surface area contributed by atoms with Crippen molar-refractivity contribution in [2.75, 3.05) is 4.90 Å². The van der Waals surface area contributed by atoms with Crippen molar-refractivity contribution in [1.82, 2.24) is 0 Å². The zero-order valence-corrected chi connectivity index (χ0v) is 17.0. The van der Waals surface area contributed by atoms with Crippen molar-refractivity contribution in [2.24, 2.45) is 5.92 Å². The number of anilines is 1. The van der Waals surface area contributed by atoms with Crippen LogP contribution in [0.3, 0.4) is 0 Å². The highest BCUT2D eigenvalue weighted by Gasteiger charge is 2.57. The van der Waals surface area contributed by atoms with Gasteiger partial charge >= 0.3 is 0 Å². The standard InChI is InChI=1S/C25H20ClNO3/c26-18-12-9-16(10-13-18)15-27-22-8-4-3-7-20(22)25(30,24(27)29)21-14-11-17-5-1-2-6-19(17)23(21)28/h1-10,12-13,21,30H,11,14-15H2/t21-,25-/m1/s1. The number of fused-ring (bicyclic) bond motifs is 2. The van der Waals surface area contributed by atoms with Gasteiger partial charge in [-0.3, -0.25) is 9.59 Å². The number of benzene rings is 3. The lowest BCUT2D eigenvalue weighted by molar-refractivity contribution is -0.140. The molecule has 0 radical (unpaired) electrons. The summed E-state index contributed by atoms with van der Waals surface area (Å²) in [6.45, 7) is 0.298. The summed E-state index contributed by atoms with van der Waals surface area (Å²) in [7, 11) is 0. The molecule has 0 unspecified atom stereocenters. The lowest BCUT2D eigenvalue weighted by Gasteiger charge is -2.34. The average Bonchev–Trinajstić information content (AvgIpc) is 2.98. The number of para-hydroxylation sites is 1. The van der Waals surface area contributed by atoms with E-state index < -0.39 is 17.4 Å². The zero-order chi connectivity index (χ0) is 20.9. The highest BCUT2D eigenvalue weighted by atomic mass is 35.5. The number of Topliss-reactive ketones (excluding diaryl/α,β-unsaturated/α-hetero) is 1. The first-order valence-corrected chi connectivity index (χ1v) is 10.4. The van der Waals surface area contributed by atoms with E-state index in [4.69, 9.17) is 11.6 Å². The summed E-state index contributed by atoms with van der Waals surface area (Å²) in [5, 5.41) is 12.4. The van der Waals surface area contributed by atoms with Crippen molar-refractivity contribution in [3.8, 4) is 0 Å². The van der Waals surface area contributed by atoms with E-state index in [1.54, 1.807) is 35.2 Å². The molecular formula is C25H20ClNO3. The second-order valence-electron chi connectivity index (χ2n) is 7.91. The van der Waals surface area contributed by atoms with Crippen molar-refractivity contribution in [3.05, 3.63) is 100 Å². The molecule has 30 heavy (non-hydrogen) atoms. The molecule has 3 aromatic rings. The average molecular weight is 418 g/mol. The summed E-state index contributed by atoms with van der Waals surface area (Å²) in [5.74, 6) is -1.43. The van der Waals surface area contributed by atoms with Gasteiger partial charge in [-0.05, 0) is 42.2 Å². The summed E-state index contributed by atoms with van der Waals surface area (Å²) in [5.41, 5.74) is 1.75. The summed E-state index contributed by atoms with van der Waals surface area (Å²) < 4.78 is 0. The van der Waals surface area contributed by atoms with Crippen molar-refractivity contribution in [2.45, 2.75) is 25.0 Å². The van der Waals surface area contributed by atoms with E-state index in [1.165, 1.54) is 0 Å². The number of nitrogens with zero attached hydrogens (tertiary/aromatic N) is 1. The number of carbonyl (C=O) groups excluding carboxylic acids is 2. The summed E-state index contributed by atoms with van der Waals surface area (Å²) >= 11 is 5.98. The lowest BCUT2D eigenvalue weighted by Crippen LogP contribution is -2.49. The third kappa shape index (κ3) is 2.79. The Labute approximate surface area is 179 Å². The van der Waals surface area contributed by atoms with Gasteiger partial charge in [0.15, 0.2) is 11.4 Å². The Morgan fingerprint density at radius 3 is 2.47 bits per heavy atom. The summed E-state index contributed by atoms with van der Waals surface area (Å²) in [4.78, 5) is 28.5. The van der Waals surface area contributed by atoms with E-state index in [-0.39, 0.29) is 5.78 Å². The molecule has 2 aliphatic rings. The van der Waals surface area contributed by atoms with E-state index in [9.17, 15) is 14.7 Å². The highest BCUT2D eigenvalue weighted by Crippen LogP contribution is 2.48. The van der Waals surface area contributed by atoms with Gasteiger partial charge in [0.05, 0.1) is 18.2 Å².